The van der Waals surface area contributed by atoms with E-state index in [-0.39, 0.29) is 25.0 Å². The van der Waals surface area contributed by atoms with Crippen molar-refractivity contribution in [3.8, 4) is 0 Å². The van der Waals surface area contributed by atoms with Crippen LogP contribution in [0.4, 0.5) is 0 Å². The van der Waals surface area contributed by atoms with Gasteiger partial charge in [-0.2, -0.15) is 0 Å². The molecule has 2 fully saturated rings. The Morgan fingerprint density at radius 3 is 2.13 bits per heavy atom. The van der Waals surface area contributed by atoms with Crippen molar-refractivity contribution in [2.24, 2.45) is 23.7 Å². The second-order valence-corrected chi connectivity index (χ2v) is 14.6. The minimum absolute atomic E-state index is 0.0269. The molecule has 1 unspecified atom stereocenters. The molecule has 0 aromatic heterocycles. The number of hydrogen-bond donors (Lipinski definition) is 6. The highest BCUT2D eigenvalue weighted by molar-refractivity contribution is 5.73. The Hall–Kier alpha value is -1.67. The van der Waals surface area contributed by atoms with E-state index in [0.717, 1.165) is 5.56 Å². The van der Waals surface area contributed by atoms with Gasteiger partial charge in [-0.25, -0.2) is 0 Å². The van der Waals surface area contributed by atoms with Gasteiger partial charge in [0.25, 0.3) is 0 Å². The Morgan fingerprint density at radius 2 is 1.54 bits per heavy atom. The Balaban J connectivity index is 1.97. The highest BCUT2D eigenvalue weighted by Crippen LogP contribution is 2.38. The van der Waals surface area contributed by atoms with E-state index in [0.29, 0.717) is 13.0 Å². The van der Waals surface area contributed by atoms with Gasteiger partial charge in [0.05, 0.1) is 42.0 Å². The number of likely N-dealkylation sites (N-methyl/N-ethyl adjacent to an activating group) is 1. The number of aliphatic hydroxyl groups is 6. The van der Waals surface area contributed by atoms with Crippen LogP contribution in [0.5, 0.6) is 0 Å². The lowest BCUT2D eigenvalue weighted by Crippen LogP contribution is -2.60. The zero-order chi connectivity index (χ0) is 34.7. The molecule has 2 heterocycles. The molecule has 2 aliphatic heterocycles. The smallest absolute Gasteiger partial charge is 0.311 e. The van der Waals surface area contributed by atoms with Crippen molar-refractivity contribution in [2.45, 2.75) is 147 Å². The molecule has 2 saturated heterocycles. The summed E-state index contributed by atoms with van der Waals surface area (Å²) in [6, 6.07) is 9.55. The predicted octanol–water partition coefficient (Wildman–Crippen LogP) is 2.22. The van der Waals surface area contributed by atoms with Gasteiger partial charge in [0.1, 0.15) is 17.8 Å². The van der Waals surface area contributed by atoms with E-state index >= 15 is 0 Å². The van der Waals surface area contributed by atoms with Gasteiger partial charge in [0.2, 0.25) is 0 Å². The Morgan fingerprint density at radius 1 is 0.935 bits per heavy atom. The summed E-state index contributed by atoms with van der Waals surface area (Å²) in [7, 11) is 1.92. The van der Waals surface area contributed by atoms with E-state index in [1.165, 1.54) is 20.8 Å². The summed E-state index contributed by atoms with van der Waals surface area (Å²) in [6.07, 6.45) is -8.16. The number of nitrogens with zero attached hydrogens (tertiary/aromatic N) is 1. The fraction of sp³-hybridized carbons (Fsp3) is 0.800. The van der Waals surface area contributed by atoms with E-state index in [9.17, 15) is 35.4 Å². The van der Waals surface area contributed by atoms with Crippen LogP contribution < -0.4 is 0 Å². The Bertz CT molecular complexity index is 1100. The standard InChI is InChI=1S/C35H59NO10/c1-10-26-35(8,43)30(40)21(4)27(37)19(2)17-34(7,42)31(22(5)28(38)23(6)32(41)45-26)46-33-29(39)25(16-20(3)44-33)36(9)18-24-14-12-11-13-15-24/h11-15,19-23,25-31,33,37-40,42-43H,10,16-18H2,1-9H3/t19-,20-,21+,22+,23-,25+,26-,27+,28+,29-,30-,31-,33+,34?,35-/m1/s1. The summed E-state index contributed by atoms with van der Waals surface area (Å²) in [5, 5.41) is 68.9. The average Bonchev–Trinajstić information content (AvgIpc) is 3.00. The topological polar surface area (TPSA) is 169 Å². The van der Waals surface area contributed by atoms with Crippen LogP contribution in [0, 0.1) is 23.7 Å². The third-order valence-corrected chi connectivity index (χ3v) is 10.5. The van der Waals surface area contributed by atoms with Gasteiger partial charge in [0, 0.05) is 24.4 Å². The molecule has 0 saturated carbocycles. The van der Waals surface area contributed by atoms with Crippen LogP contribution in [0.1, 0.15) is 80.2 Å². The average molecular weight is 654 g/mol. The van der Waals surface area contributed by atoms with Crippen LogP contribution in [0.2, 0.25) is 0 Å². The van der Waals surface area contributed by atoms with Gasteiger partial charge in [-0.05, 0) is 65.5 Å². The van der Waals surface area contributed by atoms with Gasteiger partial charge in [-0.1, -0.05) is 58.0 Å². The van der Waals surface area contributed by atoms with E-state index < -0.39 is 83.8 Å². The molecule has 15 atom stereocenters. The minimum atomic E-state index is -1.89. The minimum Gasteiger partial charge on any atom is -0.459 e. The monoisotopic (exact) mass is 653 g/mol. The molecular weight excluding hydrogens is 594 g/mol. The van der Waals surface area contributed by atoms with Crippen molar-refractivity contribution >= 4 is 5.97 Å². The number of cyclic esters (lactones) is 1. The molecule has 0 aliphatic carbocycles. The molecule has 11 heteroatoms. The van der Waals surface area contributed by atoms with Crippen LogP contribution in [0.25, 0.3) is 0 Å². The van der Waals surface area contributed by atoms with E-state index in [2.05, 4.69) is 0 Å². The van der Waals surface area contributed by atoms with E-state index in [4.69, 9.17) is 14.2 Å². The van der Waals surface area contributed by atoms with Crippen LogP contribution in [-0.4, -0.2) is 115 Å². The van der Waals surface area contributed by atoms with Crippen molar-refractivity contribution in [3.63, 3.8) is 0 Å². The number of carbonyl (C=O) groups is 1. The second-order valence-electron chi connectivity index (χ2n) is 14.6. The number of ether oxygens (including phenoxy) is 3. The third-order valence-electron chi connectivity index (χ3n) is 10.5. The summed E-state index contributed by atoms with van der Waals surface area (Å²) in [4.78, 5) is 15.4. The maximum Gasteiger partial charge on any atom is 0.311 e. The molecule has 0 spiro atoms. The summed E-state index contributed by atoms with van der Waals surface area (Å²) >= 11 is 0. The first-order valence-corrected chi connectivity index (χ1v) is 16.8. The second kappa shape index (κ2) is 15.7. The quantitative estimate of drug-likeness (QED) is 0.249. The van der Waals surface area contributed by atoms with Crippen LogP contribution in [0.15, 0.2) is 30.3 Å². The van der Waals surface area contributed by atoms with Gasteiger partial charge < -0.3 is 44.8 Å². The van der Waals surface area contributed by atoms with Crippen molar-refractivity contribution in [1.82, 2.24) is 4.90 Å². The number of esters is 1. The number of carbonyl (C=O) groups excluding carboxylic acids is 1. The first kappa shape index (κ1) is 38.8. The lowest BCUT2D eigenvalue weighted by Gasteiger charge is -2.48. The fourth-order valence-corrected chi connectivity index (χ4v) is 7.50. The number of benzene rings is 1. The van der Waals surface area contributed by atoms with Gasteiger partial charge >= 0.3 is 5.97 Å². The van der Waals surface area contributed by atoms with Crippen molar-refractivity contribution in [2.75, 3.05) is 7.05 Å². The summed E-state index contributed by atoms with van der Waals surface area (Å²) in [6.45, 7) is 13.5. The van der Waals surface area contributed by atoms with E-state index in [1.54, 1.807) is 27.7 Å². The lowest BCUT2D eigenvalue weighted by molar-refractivity contribution is -0.301. The lowest BCUT2D eigenvalue weighted by atomic mass is 9.73. The van der Waals surface area contributed by atoms with Crippen LogP contribution in [-0.2, 0) is 25.5 Å². The molecule has 1 aromatic rings. The van der Waals surface area contributed by atoms with Crippen molar-refractivity contribution < 1.29 is 49.6 Å². The zero-order valence-electron chi connectivity index (χ0n) is 29.0. The van der Waals surface area contributed by atoms with Crippen molar-refractivity contribution in [3.05, 3.63) is 35.9 Å². The fourth-order valence-electron chi connectivity index (χ4n) is 7.50. The molecule has 46 heavy (non-hydrogen) atoms. The highest BCUT2D eigenvalue weighted by Gasteiger charge is 2.51. The zero-order valence-corrected chi connectivity index (χ0v) is 29.0. The molecular formula is C35H59NO10. The van der Waals surface area contributed by atoms with Gasteiger partial charge in [-0.15, -0.1) is 0 Å². The Labute approximate surface area is 274 Å². The SMILES string of the molecule is CC[C@H]1OC(=O)[C@H](C)[C@@H](O)[C@H](C)[C@@H](O[C@@H]2O[C@H](C)C[C@H](N(C)Cc3ccccc3)[C@H]2O)C(C)(O)C[C@@H](C)[C@H](O)[C@H](C)[C@@H](O)[C@]1(C)O. The maximum absolute atomic E-state index is 13.3. The normalized spacial score (nSPS) is 45.2. The van der Waals surface area contributed by atoms with Crippen LogP contribution >= 0.6 is 0 Å². The summed E-state index contributed by atoms with van der Waals surface area (Å²) in [5.41, 5.74) is -2.52. The molecule has 0 amide bonds. The molecule has 0 bridgehead atoms. The first-order valence-electron chi connectivity index (χ1n) is 16.8. The molecule has 6 N–H and O–H groups in total. The summed E-state index contributed by atoms with van der Waals surface area (Å²) in [5.74, 6) is -4.22. The summed E-state index contributed by atoms with van der Waals surface area (Å²) < 4.78 is 18.2. The predicted molar refractivity (Wildman–Crippen MR) is 172 cm³/mol. The molecule has 2 aliphatic rings. The molecule has 3 rings (SSSR count). The van der Waals surface area contributed by atoms with Gasteiger partial charge in [0.15, 0.2) is 6.29 Å². The maximum atomic E-state index is 13.3. The largest absolute Gasteiger partial charge is 0.459 e. The first-order chi connectivity index (χ1) is 21.3. The Kier molecular flexibility index (Phi) is 13.2. The van der Waals surface area contributed by atoms with Crippen LogP contribution in [0.3, 0.4) is 0 Å². The number of hydrogen-bond acceptors (Lipinski definition) is 11. The number of aliphatic hydroxyl groups excluding tert-OH is 4. The highest BCUT2D eigenvalue weighted by atomic mass is 16.7. The number of rotatable bonds is 6. The van der Waals surface area contributed by atoms with E-state index in [1.807, 2.05) is 49.2 Å². The molecule has 0 radical (unpaired) electrons. The molecule has 264 valence electrons. The molecule has 1 aromatic carbocycles. The molecule has 11 nitrogen and oxygen atoms in total. The van der Waals surface area contributed by atoms with Gasteiger partial charge in [-0.3, -0.25) is 9.69 Å². The van der Waals surface area contributed by atoms with Crippen molar-refractivity contribution in [1.29, 1.82) is 0 Å². The third kappa shape index (κ3) is 8.67.